The molecule has 0 aromatic heterocycles. The molecule has 3 heteroatoms. The predicted molar refractivity (Wildman–Crippen MR) is 79.1 cm³/mol. The van der Waals surface area contributed by atoms with Crippen LogP contribution in [0.5, 0.6) is 0 Å². The van der Waals surface area contributed by atoms with Crippen LogP contribution >= 0.6 is 0 Å². The molecule has 3 nitrogen and oxygen atoms in total. The van der Waals surface area contributed by atoms with Gasteiger partial charge in [0, 0.05) is 12.6 Å². The summed E-state index contributed by atoms with van der Waals surface area (Å²) in [6.07, 6.45) is 3.00. The fourth-order valence-electron chi connectivity index (χ4n) is 2.05. The molecule has 1 aromatic carbocycles. The van der Waals surface area contributed by atoms with Crippen LogP contribution in [0.25, 0.3) is 0 Å². The van der Waals surface area contributed by atoms with Crippen molar-refractivity contribution in [3.63, 3.8) is 0 Å². The van der Waals surface area contributed by atoms with E-state index in [-0.39, 0.29) is 0 Å². The molecular weight excluding hydrogens is 238 g/mol. The van der Waals surface area contributed by atoms with Gasteiger partial charge in [-0.25, -0.2) is 0 Å². The van der Waals surface area contributed by atoms with Crippen molar-refractivity contribution in [2.45, 2.75) is 51.9 Å². The molecule has 0 amide bonds. The van der Waals surface area contributed by atoms with Crippen molar-refractivity contribution in [2.75, 3.05) is 13.2 Å². The molecule has 0 saturated heterocycles. The molecule has 2 atom stereocenters. The Morgan fingerprint density at radius 1 is 1.21 bits per heavy atom. The molecule has 0 heterocycles. The number of rotatable bonds is 10. The van der Waals surface area contributed by atoms with E-state index in [1.54, 1.807) is 0 Å². The van der Waals surface area contributed by atoms with Crippen LogP contribution in [-0.2, 0) is 11.3 Å². The van der Waals surface area contributed by atoms with E-state index in [9.17, 15) is 5.11 Å². The fraction of sp³-hybridized carbons (Fsp3) is 0.625. The minimum absolute atomic E-state index is 0.379. The standard InChI is InChI=1S/C16H27NO2/c1-3-8-15(4-2)17-11-16(18)13-19-12-14-9-6-5-7-10-14/h5-7,9-10,15-18H,3-4,8,11-13H2,1-2H3. The van der Waals surface area contributed by atoms with Gasteiger partial charge in [0.1, 0.15) is 0 Å². The van der Waals surface area contributed by atoms with E-state index in [1.165, 1.54) is 6.42 Å². The van der Waals surface area contributed by atoms with Gasteiger partial charge in [0.15, 0.2) is 0 Å². The predicted octanol–water partition coefficient (Wildman–Crippen LogP) is 2.73. The lowest BCUT2D eigenvalue weighted by atomic mass is 10.1. The van der Waals surface area contributed by atoms with Crippen molar-refractivity contribution in [1.82, 2.24) is 5.32 Å². The zero-order valence-corrected chi connectivity index (χ0v) is 12.1. The molecular formula is C16H27NO2. The number of ether oxygens (including phenoxy) is 1. The highest BCUT2D eigenvalue weighted by Crippen LogP contribution is 2.02. The minimum atomic E-state index is -0.436. The summed E-state index contributed by atoms with van der Waals surface area (Å²) < 4.78 is 5.52. The van der Waals surface area contributed by atoms with Crippen molar-refractivity contribution in [1.29, 1.82) is 0 Å². The highest BCUT2D eigenvalue weighted by atomic mass is 16.5. The fourth-order valence-corrected chi connectivity index (χ4v) is 2.05. The number of benzene rings is 1. The second-order valence-corrected chi connectivity index (χ2v) is 4.96. The van der Waals surface area contributed by atoms with Crippen LogP contribution < -0.4 is 5.32 Å². The number of hydrogen-bond donors (Lipinski definition) is 2. The van der Waals surface area contributed by atoms with Crippen molar-refractivity contribution >= 4 is 0 Å². The summed E-state index contributed by atoms with van der Waals surface area (Å²) in [5.74, 6) is 0. The van der Waals surface area contributed by atoms with Gasteiger partial charge < -0.3 is 15.2 Å². The van der Waals surface area contributed by atoms with Gasteiger partial charge in [-0.3, -0.25) is 0 Å². The molecule has 2 N–H and O–H groups in total. The summed E-state index contributed by atoms with van der Waals surface area (Å²) in [6.45, 7) is 5.90. The Balaban J connectivity index is 2.12. The van der Waals surface area contributed by atoms with Crippen LogP contribution in [0.3, 0.4) is 0 Å². The second-order valence-electron chi connectivity index (χ2n) is 4.96. The molecule has 0 spiro atoms. The number of aliphatic hydroxyl groups excluding tert-OH is 1. The molecule has 19 heavy (non-hydrogen) atoms. The van der Waals surface area contributed by atoms with Crippen LogP contribution in [0.4, 0.5) is 0 Å². The van der Waals surface area contributed by atoms with Crippen LogP contribution in [0.15, 0.2) is 30.3 Å². The first-order chi connectivity index (χ1) is 9.26. The van der Waals surface area contributed by atoms with Gasteiger partial charge in [-0.1, -0.05) is 50.6 Å². The van der Waals surface area contributed by atoms with Crippen LogP contribution in [0.2, 0.25) is 0 Å². The first-order valence-corrected chi connectivity index (χ1v) is 7.29. The van der Waals surface area contributed by atoms with Crippen LogP contribution in [-0.4, -0.2) is 30.4 Å². The van der Waals surface area contributed by atoms with E-state index >= 15 is 0 Å². The third kappa shape index (κ3) is 7.31. The van der Waals surface area contributed by atoms with Crippen LogP contribution in [0.1, 0.15) is 38.7 Å². The van der Waals surface area contributed by atoms with Crippen molar-refractivity contribution in [2.24, 2.45) is 0 Å². The summed E-state index contributed by atoms with van der Waals surface area (Å²) >= 11 is 0. The molecule has 2 unspecified atom stereocenters. The molecule has 1 aromatic rings. The van der Waals surface area contributed by atoms with E-state index < -0.39 is 6.10 Å². The van der Waals surface area contributed by atoms with Crippen molar-refractivity contribution < 1.29 is 9.84 Å². The Morgan fingerprint density at radius 3 is 2.58 bits per heavy atom. The molecule has 0 aliphatic rings. The lowest BCUT2D eigenvalue weighted by Gasteiger charge is -2.19. The first-order valence-electron chi connectivity index (χ1n) is 7.29. The highest BCUT2D eigenvalue weighted by molar-refractivity contribution is 5.13. The summed E-state index contributed by atoms with van der Waals surface area (Å²) in [5, 5.41) is 13.2. The molecule has 108 valence electrons. The van der Waals surface area contributed by atoms with E-state index in [0.717, 1.165) is 18.4 Å². The number of hydrogen-bond acceptors (Lipinski definition) is 3. The number of nitrogens with one attached hydrogen (secondary N) is 1. The van der Waals surface area contributed by atoms with Gasteiger partial charge in [0.2, 0.25) is 0 Å². The molecule has 0 radical (unpaired) electrons. The second kappa shape index (κ2) is 9.96. The topological polar surface area (TPSA) is 41.5 Å². The molecule has 0 saturated carbocycles. The van der Waals surface area contributed by atoms with Crippen molar-refractivity contribution in [3.8, 4) is 0 Å². The van der Waals surface area contributed by atoms with E-state index in [0.29, 0.717) is 25.8 Å². The summed E-state index contributed by atoms with van der Waals surface area (Å²) in [6, 6.07) is 10.5. The number of aliphatic hydroxyl groups is 1. The minimum Gasteiger partial charge on any atom is -0.389 e. The molecule has 0 aliphatic carbocycles. The maximum Gasteiger partial charge on any atom is 0.0897 e. The Hall–Kier alpha value is -0.900. The van der Waals surface area contributed by atoms with Gasteiger partial charge >= 0.3 is 0 Å². The highest BCUT2D eigenvalue weighted by Gasteiger charge is 2.08. The first kappa shape index (κ1) is 16.2. The smallest absolute Gasteiger partial charge is 0.0897 e. The van der Waals surface area contributed by atoms with Gasteiger partial charge in [-0.05, 0) is 18.4 Å². The Labute approximate surface area is 117 Å². The van der Waals surface area contributed by atoms with Gasteiger partial charge in [0.05, 0.1) is 19.3 Å². The molecule has 0 fully saturated rings. The van der Waals surface area contributed by atoms with E-state index in [1.807, 2.05) is 30.3 Å². The third-order valence-electron chi connectivity index (χ3n) is 3.19. The van der Waals surface area contributed by atoms with Gasteiger partial charge in [0.25, 0.3) is 0 Å². The zero-order valence-electron chi connectivity index (χ0n) is 12.1. The quantitative estimate of drug-likeness (QED) is 0.683. The lowest BCUT2D eigenvalue weighted by Crippen LogP contribution is -2.37. The molecule has 0 aliphatic heterocycles. The Bertz CT molecular complexity index is 316. The monoisotopic (exact) mass is 265 g/mol. The largest absolute Gasteiger partial charge is 0.389 e. The van der Waals surface area contributed by atoms with Gasteiger partial charge in [-0.15, -0.1) is 0 Å². The average molecular weight is 265 g/mol. The normalized spacial score (nSPS) is 14.3. The summed E-state index contributed by atoms with van der Waals surface area (Å²) in [4.78, 5) is 0. The van der Waals surface area contributed by atoms with E-state index in [2.05, 4.69) is 19.2 Å². The maximum absolute atomic E-state index is 9.85. The van der Waals surface area contributed by atoms with Crippen molar-refractivity contribution in [3.05, 3.63) is 35.9 Å². The third-order valence-corrected chi connectivity index (χ3v) is 3.19. The van der Waals surface area contributed by atoms with E-state index in [4.69, 9.17) is 4.74 Å². The maximum atomic E-state index is 9.85. The Kier molecular flexibility index (Phi) is 8.47. The average Bonchev–Trinajstić information content (AvgIpc) is 2.44. The molecule has 0 bridgehead atoms. The Morgan fingerprint density at radius 2 is 1.95 bits per heavy atom. The van der Waals surface area contributed by atoms with Crippen LogP contribution in [0, 0.1) is 0 Å². The SMILES string of the molecule is CCCC(CC)NCC(O)COCc1ccccc1. The molecule has 1 rings (SSSR count). The summed E-state index contributed by atoms with van der Waals surface area (Å²) in [5.41, 5.74) is 1.14. The van der Waals surface area contributed by atoms with Gasteiger partial charge in [-0.2, -0.15) is 0 Å². The zero-order chi connectivity index (χ0) is 13.9. The lowest BCUT2D eigenvalue weighted by molar-refractivity contribution is 0.0274. The summed E-state index contributed by atoms with van der Waals surface area (Å²) in [7, 11) is 0.